The van der Waals surface area contributed by atoms with E-state index in [0.717, 1.165) is 11.3 Å². The summed E-state index contributed by atoms with van der Waals surface area (Å²) in [5.74, 6) is -2.12. The Bertz CT molecular complexity index is 712. The van der Waals surface area contributed by atoms with E-state index in [1.54, 1.807) is 19.2 Å². The second kappa shape index (κ2) is 12.6. The number of carboxylic acid groups (broad SMARTS) is 2. The molecule has 2 amide bonds. The highest BCUT2D eigenvalue weighted by atomic mass is 32.2. The van der Waals surface area contributed by atoms with Crippen molar-refractivity contribution >= 4 is 35.5 Å². The largest absolute Gasteiger partial charge is 0.497 e. The molecule has 29 heavy (non-hydrogen) atoms. The molecule has 10 nitrogen and oxygen atoms in total. The van der Waals surface area contributed by atoms with E-state index in [4.69, 9.17) is 20.7 Å². The molecule has 1 aromatic carbocycles. The quantitative estimate of drug-likeness (QED) is 0.286. The Morgan fingerprint density at radius 3 is 2.38 bits per heavy atom. The average molecular weight is 427 g/mol. The van der Waals surface area contributed by atoms with Gasteiger partial charge in [-0.3, -0.25) is 19.2 Å². The van der Waals surface area contributed by atoms with E-state index < -0.39 is 42.4 Å². The number of nitrogens with two attached hydrogens (primary N) is 1. The molecule has 0 heterocycles. The van der Waals surface area contributed by atoms with Gasteiger partial charge in [0.05, 0.1) is 7.11 Å². The first-order valence-electron chi connectivity index (χ1n) is 8.70. The topological polar surface area (TPSA) is 168 Å². The summed E-state index contributed by atoms with van der Waals surface area (Å²) in [5, 5.41) is 22.2. The first-order valence-corrected chi connectivity index (χ1v) is 9.86. The molecular weight excluding hydrogens is 402 g/mol. The summed E-state index contributed by atoms with van der Waals surface area (Å²) in [6, 6.07) is 5.21. The van der Waals surface area contributed by atoms with Crippen molar-refractivity contribution in [3.05, 3.63) is 29.8 Å². The second-order valence-electron chi connectivity index (χ2n) is 6.08. The summed E-state index contributed by atoms with van der Waals surface area (Å²) in [6.07, 6.45) is -0.247. The predicted molar refractivity (Wildman–Crippen MR) is 107 cm³/mol. The number of nitrogens with one attached hydrogen (secondary N) is 2. The van der Waals surface area contributed by atoms with Gasteiger partial charge < -0.3 is 31.3 Å². The molecule has 2 atom stereocenters. The lowest BCUT2D eigenvalue weighted by Crippen LogP contribution is -2.49. The molecule has 0 aliphatic rings. The molecule has 11 heteroatoms. The monoisotopic (exact) mass is 427 g/mol. The molecule has 1 rings (SSSR count). The van der Waals surface area contributed by atoms with Crippen molar-refractivity contribution in [3.63, 3.8) is 0 Å². The summed E-state index contributed by atoms with van der Waals surface area (Å²) in [4.78, 5) is 45.6. The molecule has 0 aliphatic heterocycles. The molecule has 6 N–H and O–H groups in total. The number of carbonyl (C=O) groups excluding carboxylic acids is 2. The number of hydrogen-bond acceptors (Lipinski definition) is 7. The van der Waals surface area contributed by atoms with Gasteiger partial charge in [0.25, 0.3) is 0 Å². The van der Waals surface area contributed by atoms with Crippen LogP contribution >= 0.6 is 11.8 Å². The molecule has 0 bridgehead atoms. The maximum Gasteiger partial charge on any atom is 0.322 e. The van der Waals surface area contributed by atoms with E-state index in [9.17, 15) is 19.2 Å². The first-order chi connectivity index (χ1) is 13.7. The highest BCUT2D eigenvalue weighted by molar-refractivity contribution is 7.98. The highest BCUT2D eigenvalue weighted by Crippen LogP contribution is 2.17. The van der Waals surface area contributed by atoms with E-state index in [0.29, 0.717) is 5.75 Å². The number of methoxy groups -OCH3 is 1. The zero-order chi connectivity index (χ0) is 21.8. The Labute approximate surface area is 172 Å². The molecule has 0 aliphatic carbocycles. The van der Waals surface area contributed by atoms with Gasteiger partial charge in [-0.25, -0.2) is 0 Å². The van der Waals surface area contributed by atoms with Gasteiger partial charge in [-0.1, -0.05) is 12.1 Å². The van der Waals surface area contributed by atoms with Gasteiger partial charge in [-0.05, 0) is 24.1 Å². The van der Waals surface area contributed by atoms with Crippen LogP contribution in [0.1, 0.15) is 18.4 Å². The van der Waals surface area contributed by atoms with Crippen LogP contribution in [-0.2, 0) is 24.9 Å². The van der Waals surface area contributed by atoms with Gasteiger partial charge in [0.15, 0.2) is 0 Å². The fourth-order valence-corrected chi connectivity index (χ4v) is 3.18. The molecule has 0 saturated carbocycles. The minimum atomic E-state index is -1.22. The third kappa shape index (κ3) is 9.81. The fourth-order valence-electron chi connectivity index (χ4n) is 2.16. The average Bonchev–Trinajstić information content (AvgIpc) is 2.69. The van der Waals surface area contributed by atoms with Crippen molar-refractivity contribution in [3.8, 4) is 5.75 Å². The third-order valence-electron chi connectivity index (χ3n) is 3.78. The van der Waals surface area contributed by atoms with Crippen LogP contribution in [0.3, 0.4) is 0 Å². The van der Waals surface area contributed by atoms with Crippen molar-refractivity contribution < 1.29 is 34.1 Å². The maximum absolute atomic E-state index is 12.2. The fraction of sp³-hybridized carbons (Fsp3) is 0.444. The Morgan fingerprint density at radius 2 is 1.83 bits per heavy atom. The minimum absolute atomic E-state index is 0.0797. The highest BCUT2D eigenvalue weighted by Gasteiger charge is 2.22. The summed E-state index contributed by atoms with van der Waals surface area (Å²) in [7, 11) is 1.57. The van der Waals surface area contributed by atoms with Gasteiger partial charge in [-0.15, -0.1) is 0 Å². The minimum Gasteiger partial charge on any atom is -0.497 e. The number of rotatable bonds is 13. The molecule has 0 spiro atoms. The number of thioether (sulfide) groups is 1. The number of aliphatic carboxylic acids is 2. The smallest absolute Gasteiger partial charge is 0.322 e. The van der Waals surface area contributed by atoms with Crippen LogP contribution in [0, 0.1) is 0 Å². The van der Waals surface area contributed by atoms with Crippen LogP contribution in [0.2, 0.25) is 0 Å². The van der Waals surface area contributed by atoms with Gasteiger partial charge in [0, 0.05) is 17.9 Å². The summed E-state index contributed by atoms with van der Waals surface area (Å²) in [5.41, 5.74) is 6.35. The number of hydrogen-bond donors (Lipinski definition) is 5. The molecular formula is C18H25N3O7S. The van der Waals surface area contributed by atoms with Gasteiger partial charge in [-0.2, -0.15) is 11.8 Å². The molecule has 160 valence electrons. The molecule has 0 radical (unpaired) electrons. The predicted octanol–water partition coefficient (Wildman–Crippen LogP) is -0.194. The van der Waals surface area contributed by atoms with Gasteiger partial charge in [0.1, 0.15) is 24.4 Å². The normalized spacial score (nSPS) is 12.5. The van der Waals surface area contributed by atoms with Crippen LogP contribution in [0.15, 0.2) is 24.3 Å². The molecule has 0 unspecified atom stereocenters. The lowest BCUT2D eigenvalue weighted by Gasteiger charge is -2.18. The van der Waals surface area contributed by atoms with Crippen LogP contribution in [0.4, 0.5) is 0 Å². The van der Waals surface area contributed by atoms with Crippen LogP contribution in [0.25, 0.3) is 0 Å². The Morgan fingerprint density at radius 1 is 1.17 bits per heavy atom. The zero-order valence-corrected chi connectivity index (χ0v) is 16.7. The van der Waals surface area contributed by atoms with Crippen molar-refractivity contribution in [1.82, 2.24) is 10.6 Å². The van der Waals surface area contributed by atoms with E-state index in [-0.39, 0.29) is 18.6 Å². The van der Waals surface area contributed by atoms with E-state index in [1.807, 2.05) is 12.1 Å². The van der Waals surface area contributed by atoms with Crippen molar-refractivity contribution in [1.29, 1.82) is 0 Å². The lowest BCUT2D eigenvalue weighted by atomic mass is 10.1. The number of carboxylic acids is 2. The van der Waals surface area contributed by atoms with E-state index in [2.05, 4.69) is 10.6 Å². The van der Waals surface area contributed by atoms with Crippen molar-refractivity contribution in [2.75, 3.05) is 19.4 Å². The standard InChI is InChI=1S/C18H25N3O7S/c1-28-12-4-2-11(3-5-12)9-29-10-14(17(25)20-8-16(23)24)21-15(22)7-6-13(19)18(26)27/h2-5,13-14H,6-10,19H2,1H3,(H,20,25)(H,21,22)(H,23,24)(H,26,27)/t13-,14-/m0/s1. The van der Waals surface area contributed by atoms with E-state index in [1.165, 1.54) is 11.8 Å². The van der Waals surface area contributed by atoms with Crippen molar-refractivity contribution in [2.24, 2.45) is 5.73 Å². The van der Waals surface area contributed by atoms with E-state index >= 15 is 0 Å². The summed E-state index contributed by atoms with van der Waals surface area (Å²) >= 11 is 1.38. The number of amides is 2. The summed E-state index contributed by atoms with van der Waals surface area (Å²) < 4.78 is 5.09. The Kier molecular flexibility index (Phi) is 10.6. The van der Waals surface area contributed by atoms with Gasteiger partial charge >= 0.3 is 11.9 Å². The molecule has 0 aromatic heterocycles. The third-order valence-corrected chi connectivity index (χ3v) is 4.88. The molecule has 1 aromatic rings. The molecule has 0 saturated heterocycles. The summed E-state index contributed by atoms with van der Waals surface area (Å²) in [6.45, 7) is -0.571. The number of ether oxygens (including phenoxy) is 1. The van der Waals surface area contributed by atoms with Crippen LogP contribution in [0.5, 0.6) is 5.75 Å². The Balaban J connectivity index is 2.61. The SMILES string of the molecule is COc1ccc(CSC[C@H](NC(=O)CC[C@H](N)C(=O)O)C(=O)NCC(=O)O)cc1. The number of carbonyl (C=O) groups is 4. The lowest BCUT2D eigenvalue weighted by molar-refractivity contribution is -0.139. The van der Waals surface area contributed by atoms with Crippen LogP contribution in [-0.4, -0.2) is 65.5 Å². The van der Waals surface area contributed by atoms with Crippen molar-refractivity contribution in [2.45, 2.75) is 30.7 Å². The first kappa shape index (κ1) is 24.2. The zero-order valence-electron chi connectivity index (χ0n) is 15.9. The Hall–Kier alpha value is -2.79. The van der Waals surface area contributed by atoms with Gasteiger partial charge in [0.2, 0.25) is 11.8 Å². The maximum atomic E-state index is 12.2. The number of benzene rings is 1. The second-order valence-corrected chi connectivity index (χ2v) is 7.11. The van der Waals surface area contributed by atoms with Crippen LogP contribution < -0.4 is 21.1 Å². The molecule has 0 fully saturated rings.